The zero-order valence-electron chi connectivity index (χ0n) is 14.7. The van der Waals surface area contributed by atoms with Crippen LogP contribution in [0, 0.1) is 0 Å². The van der Waals surface area contributed by atoms with Gasteiger partial charge in [-0.2, -0.15) is 0 Å². The second-order valence-corrected chi connectivity index (χ2v) is 7.43. The van der Waals surface area contributed by atoms with Gasteiger partial charge in [-0.3, -0.25) is 0 Å². The number of anilines is 2. The normalized spacial score (nSPS) is 14.7. The lowest BCUT2D eigenvalue weighted by molar-refractivity contribution is 0.391. The summed E-state index contributed by atoms with van der Waals surface area (Å²) in [6.45, 7) is 8.01. The molecule has 0 atom stereocenters. The Morgan fingerprint density at radius 3 is 2.24 bits per heavy atom. The minimum atomic E-state index is 0.541. The van der Waals surface area contributed by atoms with Crippen LogP contribution in [0.1, 0.15) is 25.3 Å². The molecule has 1 N–H and O–H groups in total. The third-order valence-corrected chi connectivity index (χ3v) is 5.27. The van der Waals surface area contributed by atoms with Crippen LogP contribution in [0.25, 0.3) is 0 Å². The number of rotatable bonds is 3. The molecular weight excluding hydrogens is 350 g/mol. The first-order chi connectivity index (χ1) is 12.0. The van der Waals surface area contributed by atoms with E-state index in [0.717, 1.165) is 47.7 Å². The van der Waals surface area contributed by atoms with Gasteiger partial charge in [-0.25, -0.2) is 0 Å². The van der Waals surface area contributed by atoms with Crippen LogP contribution in [0.4, 0.5) is 11.4 Å². The molecule has 25 heavy (non-hydrogen) atoms. The first kappa shape index (κ1) is 18.0. The number of thiocarbonyl (C=S) groups is 1. The fraction of sp³-hybridized carbons (Fsp3) is 0.350. The van der Waals surface area contributed by atoms with E-state index in [1.165, 1.54) is 5.56 Å². The molecule has 1 saturated heterocycles. The highest BCUT2D eigenvalue weighted by molar-refractivity contribution is 7.80. The van der Waals surface area contributed by atoms with E-state index in [1.807, 2.05) is 18.2 Å². The zero-order valence-corrected chi connectivity index (χ0v) is 16.3. The molecule has 0 amide bonds. The smallest absolute Gasteiger partial charge is 0.173 e. The maximum absolute atomic E-state index is 6.31. The topological polar surface area (TPSA) is 18.5 Å². The third-order valence-electron chi connectivity index (χ3n) is 4.59. The van der Waals surface area contributed by atoms with Gasteiger partial charge in [-0.1, -0.05) is 49.7 Å². The summed E-state index contributed by atoms with van der Waals surface area (Å²) in [6, 6.07) is 16.5. The Hall–Kier alpha value is -1.78. The van der Waals surface area contributed by atoms with Crippen LogP contribution < -0.4 is 10.2 Å². The highest BCUT2D eigenvalue weighted by atomic mass is 35.5. The summed E-state index contributed by atoms with van der Waals surface area (Å²) >= 11 is 11.9. The molecule has 1 fully saturated rings. The van der Waals surface area contributed by atoms with Gasteiger partial charge >= 0.3 is 0 Å². The Kier molecular flexibility index (Phi) is 5.82. The van der Waals surface area contributed by atoms with Crippen molar-refractivity contribution in [1.29, 1.82) is 0 Å². The third kappa shape index (κ3) is 4.44. The lowest BCUT2D eigenvalue weighted by atomic mass is 10.0. The van der Waals surface area contributed by atoms with Crippen LogP contribution >= 0.6 is 23.8 Å². The Morgan fingerprint density at radius 1 is 1.00 bits per heavy atom. The van der Waals surface area contributed by atoms with Crippen LogP contribution in [0.15, 0.2) is 48.5 Å². The van der Waals surface area contributed by atoms with Gasteiger partial charge in [0.1, 0.15) is 0 Å². The summed E-state index contributed by atoms with van der Waals surface area (Å²) in [5.74, 6) is 0.541. The van der Waals surface area contributed by atoms with Gasteiger partial charge in [0.2, 0.25) is 0 Å². The molecule has 3 rings (SSSR count). The average molecular weight is 374 g/mol. The Bertz CT molecular complexity index is 722. The molecule has 1 aliphatic rings. The van der Waals surface area contributed by atoms with Gasteiger partial charge in [0.25, 0.3) is 0 Å². The average Bonchev–Trinajstić information content (AvgIpc) is 2.63. The van der Waals surface area contributed by atoms with Crippen LogP contribution in [0.5, 0.6) is 0 Å². The highest BCUT2D eigenvalue weighted by Crippen LogP contribution is 2.26. The van der Waals surface area contributed by atoms with Crippen molar-refractivity contribution in [2.45, 2.75) is 19.8 Å². The fourth-order valence-corrected chi connectivity index (χ4v) is 3.57. The second kappa shape index (κ2) is 8.07. The molecule has 0 aromatic heterocycles. The minimum absolute atomic E-state index is 0.541. The van der Waals surface area contributed by atoms with Gasteiger partial charge in [0.05, 0.1) is 10.7 Å². The van der Waals surface area contributed by atoms with Crippen LogP contribution in [-0.4, -0.2) is 36.2 Å². The van der Waals surface area contributed by atoms with E-state index >= 15 is 0 Å². The monoisotopic (exact) mass is 373 g/mol. The number of nitrogens with one attached hydrogen (secondary N) is 1. The number of piperazine rings is 1. The van der Waals surface area contributed by atoms with Crippen molar-refractivity contribution in [3.63, 3.8) is 0 Å². The summed E-state index contributed by atoms with van der Waals surface area (Å²) < 4.78 is 0. The van der Waals surface area contributed by atoms with E-state index in [9.17, 15) is 0 Å². The summed E-state index contributed by atoms with van der Waals surface area (Å²) in [6.07, 6.45) is 0. The van der Waals surface area contributed by atoms with Gasteiger partial charge in [-0.15, -0.1) is 0 Å². The molecule has 0 saturated carbocycles. The van der Waals surface area contributed by atoms with Crippen LogP contribution in [-0.2, 0) is 0 Å². The maximum atomic E-state index is 6.31. The van der Waals surface area contributed by atoms with Gasteiger partial charge < -0.3 is 15.1 Å². The summed E-state index contributed by atoms with van der Waals surface area (Å²) in [5.41, 5.74) is 3.49. The molecule has 132 valence electrons. The lowest BCUT2D eigenvalue weighted by Gasteiger charge is -2.37. The van der Waals surface area contributed by atoms with Crippen molar-refractivity contribution in [3.8, 4) is 0 Å². The molecule has 0 aliphatic carbocycles. The number of halogens is 1. The summed E-state index contributed by atoms with van der Waals surface area (Å²) in [5, 5.41) is 4.95. The number of benzene rings is 2. The predicted molar refractivity (Wildman–Crippen MR) is 112 cm³/mol. The van der Waals surface area contributed by atoms with E-state index in [1.54, 1.807) is 0 Å². The Morgan fingerprint density at radius 2 is 1.64 bits per heavy atom. The van der Waals surface area contributed by atoms with E-state index in [0.29, 0.717) is 5.92 Å². The SMILES string of the molecule is CC(C)c1ccc(NC(=S)N2CCN(c3ccccc3Cl)CC2)cc1. The van der Waals surface area contributed by atoms with Crippen molar-refractivity contribution >= 4 is 40.3 Å². The van der Waals surface area contributed by atoms with Crippen LogP contribution in [0.3, 0.4) is 0 Å². The largest absolute Gasteiger partial charge is 0.367 e. The number of hydrogen-bond donors (Lipinski definition) is 1. The molecule has 5 heteroatoms. The summed E-state index contributed by atoms with van der Waals surface area (Å²) in [4.78, 5) is 4.54. The fourth-order valence-electron chi connectivity index (χ4n) is 3.01. The zero-order chi connectivity index (χ0) is 17.8. The number of hydrogen-bond acceptors (Lipinski definition) is 2. The molecular formula is C20H24ClN3S. The van der Waals surface area contributed by atoms with E-state index in [-0.39, 0.29) is 0 Å². The van der Waals surface area contributed by atoms with Gasteiger partial charge in [0, 0.05) is 31.9 Å². The highest BCUT2D eigenvalue weighted by Gasteiger charge is 2.20. The molecule has 0 spiro atoms. The molecule has 0 unspecified atom stereocenters. The number of para-hydroxylation sites is 1. The lowest BCUT2D eigenvalue weighted by Crippen LogP contribution is -2.50. The van der Waals surface area contributed by atoms with Crippen molar-refractivity contribution in [2.75, 3.05) is 36.4 Å². The van der Waals surface area contributed by atoms with Crippen molar-refractivity contribution in [3.05, 3.63) is 59.1 Å². The minimum Gasteiger partial charge on any atom is -0.367 e. The van der Waals surface area contributed by atoms with E-state index in [4.69, 9.17) is 23.8 Å². The molecule has 3 nitrogen and oxygen atoms in total. The molecule has 2 aromatic rings. The first-order valence-electron chi connectivity index (χ1n) is 8.70. The quantitative estimate of drug-likeness (QED) is 0.764. The van der Waals surface area contributed by atoms with Crippen molar-refractivity contribution in [2.24, 2.45) is 0 Å². The molecule has 2 aromatic carbocycles. The standard InChI is InChI=1S/C20H24ClN3S/c1-15(2)16-7-9-17(10-8-16)22-20(25)24-13-11-23(12-14-24)19-6-4-3-5-18(19)21/h3-10,15H,11-14H2,1-2H3,(H,22,25). The maximum Gasteiger partial charge on any atom is 0.173 e. The summed E-state index contributed by atoms with van der Waals surface area (Å²) in [7, 11) is 0. The van der Waals surface area contributed by atoms with Crippen molar-refractivity contribution < 1.29 is 0 Å². The van der Waals surface area contributed by atoms with E-state index < -0.39 is 0 Å². The molecule has 0 bridgehead atoms. The van der Waals surface area contributed by atoms with Gasteiger partial charge in [-0.05, 0) is 48.0 Å². The molecule has 1 heterocycles. The Labute approximate surface area is 160 Å². The van der Waals surface area contributed by atoms with E-state index in [2.05, 4.69) is 59.3 Å². The predicted octanol–water partition coefficient (Wildman–Crippen LogP) is 4.98. The molecule has 0 radical (unpaired) electrons. The number of nitrogens with zero attached hydrogens (tertiary/aromatic N) is 2. The second-order valence-electron chi connectivity index (χ2n) is 6.63. The Balaban J connectivity index is 1.55. The van der Waals surface area contributed by atoms with Gasteiger partial charge in [0.15, 0.2) is 5.11 Å². The first-order valence-corrected chi connectivity index (χ1v) is 9.48. The molecule has 1 aliphatic heterocycles. The van der Waals surface area contributed by atoms with Crippen molar-refractivity contribution in [1.82, 2.24) is 4.90 Å². The van der Waals surface area contributed by atoms with Crippen LogP contribution in [0.2, 0.25) is 5.02 Å².